The maximum Gasteiger partial charge on any atom is 0.191 e. The van der Waals surface area contributed by atoms with Crippen molar-refractivity contribution in [3.63, 3.8) is 0 Å². The molecule has 8 heteroatoms. The summed E-state index contributed by atoms with van der Waals surface area (Å²) in [5.41, 5.74) is 4.01. The summed E-state index contributed by atoms with van der Waals surface area (Å²) >= 11 is 7.64. The number of hydrogen-bond acceptors (Lipinski definition) is 5. The van der Waals surface area contributed by atoms with Gasteiger partial charge in [-0.1, -0.05) is 41.6 Å². The first-order valence-corrected chi connectivity index (χ1v) is 10.8. The summed E-state index contributed by atoms with van der Waals surface area (Å²) in [4.78, 5) is 15.9. The fourth-order valence-corrected chi connectivity index (χ4v) is 4.16. The molecule has 0 saturated heterocycles. The lowest BCUT2D eigenvalue weighted by Gasteiger charge is -2.09. The van der Waals surface area contributed by atoms with Gasteiger partial charge in [-0.05, 0) is 43.2 Å². The topological polar surface area (TPSA) is 72.8 Å². The molecule has 2 aromatic carbocycles. The van der Waals surface area contributed by atoms with E-state index >= 15 is 0 Å². The van der Waals surface area contributed by atoms with Crippen molar-refractivity contribution in [3.8, 4) is 5.75 Å². The van der Waals surface area contributed by atoms with Crippen molar-refractivity contribution < 1.29 is 4.74 Å². The Morgan fingerprint density at radius 1 is 1.17 bits per heavy atom. The Balaban J connectivity index is 1.49. The lowest BCUT2D eigenvalue weighted by Crippen LogP contribution is -2.07. The number of fused-ring (bicyclic) bond motifs is 1. The second-order valence-electron chi connectivity index (χ2n) is 7.05. The number of para-hydroxylation sites is 1. The average molecular weight is 441 g/mol. The number of benzene rings is 2. The van der Waals surface area contributed by atoms with Gasteiger partial charge in [0.2, 0.25) is 0 Å². The van der Waals surface area contributed by atoms with Crippen LogP contribution in [-0.4, -0.2) is 19.7 Å². The molecular weight excluding hydrogens is 420 g/mol. The minimum Gasteiger partial charge on any atom is -0.484 e. The van der Waals surface area contributed by atoms with E-state index in [2.05, 4.69) is 15.2 Å². The van der Waals surface area contributed by atoms with Crippen LogP contribution in [0.1, 0.15) is 22.6 Å². The van der Waals surface area contributed by atoms with E-state index in [0.717, 1.165) is 27.5 Å². The van der Waals surface area contributed by atoms with E-state index in [1.807, 2.05) is 55.8 Å². The number of halogens is 1. The third-order valence-corrected chi connectivity index (χ3v) is 6.45. The fraction of sp³-hybridized carbons (Fsp3) is 0.227. The van der Waals surface area contributed by atoms with E-state index in [-0.39, 0.29) is 12.0 Å². The number of aromatic amines is 1. The molecule has 0 radical (unpaired) electrons. The Hall–Kier alpha value is -2.77. The molecule has 1 N–H and O–H groups in total. The van der Waals surface area contributed by atoms with Gasteiger partial charge in [0, 0.05) is 29.9 Å². The smallest absolute Gasteiger partial charge is 0.191 e. The average Bonchev–Trinajstić information content (AvgIpc) is 3.08. The minimum absolute atomic E-state index is 0.0224. The molecule has 0 aliphatic rings. The molecule has 2 aromatic heterocycles. The van der Waals surface area contributed by atoms with Crippen LogP contribution < -0.4 is 10.2 Å². The van der Waals surface area contributed by atoms with E-state index in [0.29, 0.717) is 27.7 Å². The monoisotopic (exact) mass is 440 g/mol. The normalized spacial score (nSPS) is 11.2. The van der Waals surface area contributed by atoms with Crippen LogP contribution in [0.4, 0.5) is 0 Å². The van der Waals surface area contributed by atoms with Gasteiger partial charge in [0.05, 0.1) is 10.5 Å². The summed E-state index contributed by atoms with van der Waals surface area (Å²) in [5, 5.41) is 10.5. The zero-order valence-electron chi connectivity index (χ0n) is 16.9. The van der Waals surface area contributed by atoms with Gasteiger partial charge < -0.3 is 14.3 Å². The molecule has 30 heavy (non-hydrogen) atoms. The molecule has 6 nitrogen and oxygen atoms in total. The van der Waals surface area contributed by atoms with Crippen LogP contribution in [0, 0.1) is 13.8 Å². The molecule has 0 atom stereocenters. The highest BCUT2D eigenvalue weighted by atomic mass is 35.5. The van der Waals surface area contributed by atoms with E-state index < -0.39 is 0 Å². The van der Waals surface area contributed by atoms with Crippen LogP contribution in [0.3, 0.4) is 0 Å². The van der Waals surface area contributed by atoms with Gasteiger partial charge in [-0.25, -0.2) is 0 Å². The largest absolute Gasteiger partial charge is 0.484 e. The van der Waals surface area contributed by atoms with Gasteiger partial charge in [0.25, 0.3) is 0 Å². The number of thioether (sulfide) groups is 1. The predicted molar refractivity (Wildman–Crippen MR) is 120 cm³/mol. The van der Waals surface area contributed by atoms with Gasteiger partial charge in [-0.2, -0.15) is 0 Å². The van der Waals surface area contributed by atoms with Crippen molar-refractivity contribution in [2.24, 2.45) is 7.05 Å². The number of hydrogen-bond donors (Lipinski definition) is 1. The van der Waals surface area contributed by atoms with Crippen molar-refractivity contribution in [2.75, 3.05) is 0 Å². The van der Waals surface area contributed by atoms with Crippen LogP contribution in [0.5, 0.6) is 5.75 Å². The quantitative estimate of drug-likeness (QED) is 0.436. The van der Waals surface area contributed by atoms with E-state index in [1.165, 1.54) is 11.8 Å². The van der Waals surface area contributed by atoms with Crippen molar-refractivity contribution in [1.82, 2.24) is 19.7 Å². The number of nitrogens with one attached hydrogen (secondary N) is 1. The van der Waals surface area contributed by atoms with Gasteiger partial charge >= 0.3 is 0 Å². The second-order valence-corrected chi connectivity index (χ2v) is 8.40. The van der Waals surface area contributed by atoms with Crippen molar-refractivity contribution in [2.45, 2.75) is 31.4 Å². The summed E-state index contributed by atoms with van der Waals surface area (Å²) in [5.74, 6) is 1.88. The van der Waals surface area contributed by atoms with E-state index in [9.17, 15) is 4.79 Å². The van der Waals surface area contributed by atoms with Crippen LogP contribution >= 0.6 is 23.4 Å². The molecule has 0 amide bonds. The number of aromatic nitrogens is 4. The molecule has 0 fully saturated rings. The number of nitrogens with zero attached hydrogens (tertiary/aromatic N) is 3. The maximum absolute atomic E-state index is 12.5. The Morgan fingerprint density at radius 2 is 1.97 bits per heavy atom. The van der Waals surface area contributed by atoms with E-state index in [1.54, 1.807) is 12.1 Å². The number of H-pyrrole nitrogens is 1. The third kappa shape index (κ3) is 4.08. The number of aryl methyl sites for hydroxylation is 2. The standard InChI is InChI=1S/C22H21ClN4O2S/c1-13-8-9-16-18(28)10-15(24-21(16)14(13)2)12-30-22-26-25-20(27(22)3)11-29-19-7-5-4-6-17(19)23/h4-10H,11-12H2,1-3H3,(H,24,28). The summed E-state index contributed by atoms with van der Waals surface area (Å²) in [6.45, 7) is 4.33. The zero-order chi connectivity index (χ0) is 21.3. The number of rotatable bonds is 6. The zero-order valence-corrected chi connectivity index (χ0v) is 18.5. The Morgan fingerprint density at radius 3 is 2.77 bits per heavy atom. The first-order valence-electron chi connectivity index (χ1n) is 9.44. The molecule has 0 bridgehead atoms. The lowest BCUT2D eigenvalue weighted by atomic mass is 10.0. The summed E-state index contributed by atoms with van der Waals surface area (Å²) < 4.78 is 7.64. The summed E-state index contributed by atoms with van der Waals surface area (Å²) in [6.07, 6.45) is 0. The van der Waals surface area contributed by atoms with Gasteiger partial charge in [0.1, 0.15) is 12.4 Å². The Bertz CT molecular complexity index is 1280. The Labute approximate surface area is 183 Å². The van der Waals surface area contributed by atoms with Crippen LogP contribution in [0.15, 0.2) is 52.4 Å². The molecule has 2 heterocycles. The van der Waals surface area contributed by atoms with Crippen LogP contribution in [0.2, 0.25) is 5.02 Å². The fourth-order valence-electron chi connectivity index (χ4n) is 3.14. The summed E-state index contributed by atoms with van der Waals surface area (Å²) in [7, 11) is 1.89. The molecule has 0 unspecified atom stereocenters. The lowest BCUT2D eigenvalue weighted by molar-refractivity contribution is 0.290. The first-order chi connectivity index (χ1) is 14.4. The molecule has 154 valence electrons. The molecule has 0 aliphatic heterocycles. The molecule has 4 aromatic rings. The van der Waals surface area contributed by atoms with Gasteiger partial charge in [-0.3, -0.25) is 4.79 Å². The van der Waals surface area contributed by atoms with Crippen molar-refractivity contribution in [3.05, 3.63) is 80.4 Å². The first kappa shape index (κ1) is 20.5. The van der Waals surface area contributed by atoms with Crippen molar-refractivity contribution >= 4 is 34.3 Å². The van der Waals surface area contributed by atoms with Gasteiger partial charge in [-0.15, -0.1) is 10.2 Å². The second kappa shape index (κ2) is 8.53. The SMILES string of the molecule is Cc1ccc2c(=O)cc(CSc3nnc(COc4ccccc4Cl)n3C)[nH]c2c1C. The third-order valence-electron chi connectivity index (χ3n) is 5.07. The maximum atomic E-state index is 12.5. The molecular formula is C22H21ClN4O2S. The van der Waals surface area contributed by atoms with Crippen molar-refractivity contribution in [1.29, 1.82) is 0 Å². The van der Waals surface area contributed by atoms with E-state index in [4.69, 9.17) is 16.3 Å². The highest BCUT2D eigenvalue weighted by molar-refractivity contribution is 7.98. The highest BCUT2D eigenvalue weighted by Crippen LogP contribution is 2.25. The number of pyridine rings is 1. The molecule has 4 rings (SSSR count). The van der Waals surface area contributed by atoms with Crippen LogP contribution in [0.25, 0.3) is 10.9 Å². The predicted octanol–water partition coefficient (Wildman–Crippen LogP) is 4.80. The summed E-state index contributed by atoms with van der Waals surface area (Å²) in [6, 6.07) is 12.8. The molecule has 0 aliphatic carbocycles. The molecule has 0 saturated carbocycles. The Kier molecular flexibility index (Phi) is 5.83. The van der Waals surface area contributed by atoms with Gasteiger partial charge in [0.15, 0.2) is 16.4 Å². The molecule has 0 spiro atoms. The number of ether oxygens (including phenoxy) is 1. The highest BCUT2D eigenvalue weighted by Gasteiger charge is 2.12. The van der Waals surface area contributed by atoms with Crippen LogP contribution in [-0.2, 0) is 19.4 Å². The minimum atomic E-state index is 0.0224.